The molecule has 0 bridgehead atoms. The van der Waals surface area contributed by atoms with Crippen LogP contribution in [0.1, 0.15) is 43.0 Å². The van der Waals surface area contributed by atoms with E-state index in [1.54, 1.807) is 0 Å². The summed E-state index contributed by atoms with van der Waals surface area (Å²) in [5.74, 6) is 0.851. The summed E-state index contributed by atoms with van der Waals surface area (Å²) < 4.78 is 0. The average molecular weight is 267 g/mol. The second kappa shape index (κ2) is 7.22. The predicted octanol–water partition coefficient (Wildman–Crippen LogP) is 2.87. The lowest BCUT2D eigenvalue weighted by Gasteiger charge is -2.29. The summed E-state index contributed by atoms with van der Waals surface area (Å²) in [5.41, 5.74) is 0. The molecule has 0 saturated carbocycles. The highest BCUT2D eigenvalue weighted by Crippen LogP contribution is 2.20. The molecule has 1 fully saturated rings. The molecule has 1 aliphatic rings. The zero-order valence-electron chi connectivity index (χ0n) is 11.6. The fourth-order valence-electron chi connectivity index (χ4n) is 2.51. The Bertz CT molecular complexity index is 351. The van der Waals surface area contributed by atoms with Crippen LogP contribution in [0.4, 0.5) is 0 Å². The van der Waals surface area contributed by atoms with Crippen molar-refractivity contribution in [2.45, 2.75) is 46.2 Å². The number of nitrogens with one attached hydrogen (secondary N) is 1. The third-order valence-corrected chi connectivity index (χ3v) is 4.41. The summed E-state index contributed by atoms with van der Waals surface area (Å²) in [5, 5.41) is 4.71. The van der Waals surface area contributed by atoms with Gasteiger partial charge in [0.25, 0.3) is 0 Å². The Hall–Kier alpha value is -0.450. The van der Waals surface area contributed by atoms with Crippen LogP contribution in [0, 0.1) is 5.92 Å². The highest BCUT2D eigenvalue weighted by Gasteiger charge is 2.17. The van der Waals surface area contributed by atoms with Gasteiger partial charge in [0, 0.05) is 24.2 Å². The van der Waals surface area contributed by atoms with Gasteiger partial charge in [-0.15, -0.1) is 11.3 Å². The van der Waals surface area contributed by atoms with E-state index in [1.165, 1.54) is 42.2 Å². The normalized spacial score (nSPS) is 21.3. The lowest BCUT2D eigenvalue weighted by atomic mass is 10.0. The first-order chi connectivity index (χ1) is 8.78. The first kappa shape index (κ1) is 14.0. The minimum Gasteiger partial charge on any atom is -0.312 e. The predicted molar refractivity (Wildman–Crippen MR) is 77.8 cm³/mol. The molecule has 0 aliphatic carbocycles. The quantitative estimate of drug-likeness (QED) is 0.803. The van der Waals surface area contributed by atoms with Crippen molar-refractivity contribution in [3.63, 3.8) is 0 Å². The van der Waals surface area contributed by atoms with Gasteiger partial charge in [0.15, 0.2) is 0 Å². The molecule has 0 spiro atoms. The number of nitrogens with zero attached hydrogens (tertiary/aromatic N) is 2. The SMILES string of the molecule is CCCNCc1cnc(CN2CCCC(C)C2)s1. The molecule has 0 amide bonds. The lowest BCUT2D eigenvalue weighted by Crippen LogP contribution is -2.33. The van der Waals surface area contributed by atoms with Crippen molar-refractivity contribution >= 4 is 11.3 Å². The zero-order valence-corrected chi connectivity index (χ0v) is 12.4. The van der Waals surface area contributed by atoms with Gasteiger partial charge in [0.2, 0.25) is 0 Å². The van der Waals surface area contributed by atoms with E-state index in [0.29, 0.717) is 0 Å². The van der Waals surface area contributed by atoms with Crippen molar-refractivity contribution in [2.24, 2.45) is 5.92 Å². The molecule has 1 aliphatic heterocycles. The Balaban J connectivity index is 1.78. The van der Waals surface area contributed by atoms with Gasteiger partial charge in [-0.05, 0) is 38.3 Å². The van der Waals surface area contributed by atoms with Crippen molar-refractivity contribution in [1.82, 2.24) is 15.2 Å². The second-order valence-electron chi connectivity index (χ2n) is 5.38. The van der Waals surface area contributed by atoms with Crippen molar-refractivity contribution in [1.29, 1.82) is 0 Å². The number of hydrogen-bond acceptors (Lipinski definition) is 4. The summed E-state index contributed by atoms with van der Waals surface area (Å²) in [4.78, 5) is 8.47. The van der Waals surface area contributed by atoms with E-state index < -0.39 is 0 Å². The molecule has 102 valence electrons. The first-order valence-corrected chi connectivity index (χ1v) is 7.96. The van der Waals surface area contributed by atoms with Crippen LogP contribution in [-0.4, -0.2) is 29.5 Å². The van der Waals surface area contributed by atoms with Gasteiger partial charge in [0.05, 0.1) is 6.54 Å². The van der Waals surface area contributed by atoms with Crippen molar-refractivity contribution < 1.29 is 0 Å². The molecule has 2 heterocycles. The number of hydrogen-bond donors (Lipinski definition) is 1. The summed E-state index contributed by atoms with van der Waals surface area (Å²) >= 11 is 1.86. The van der Waals surface area contributed by atoms with E-state index in [9.17, 15) is 0 Å². The fraction of sp³-hybridized carbons (Fsp3) is 0.786. The van der Waals surface area contributed by atoms with Crippen LogP contribution < -0.4 is 5.32 Å². The Morgan fingerprint density at radius 3 is 3.22 bits per heavy atom. The molecule has 4 heteroatoms. The number of rotatable bonds is 6. The summed E-state index contributed by atoms with van der Waals surface area (Å²) in [6.45, 7) is 10.1. The number of thiazole rings is 1. The molecule has 0 radical (unpaired) electrons. The molecule has 18 heavy (non-hydrogen) atoms. The van der Waals surface area contributed by atoms with Crippen LogP contribution in [0.2, 0.25) is 0 Å². The molecule has 1 aromatic heterocycles. The lowest BCUT2D eigenvalue weighted by molar-refractivity contribution is 0.176. The first-order valence-electron chi connectivity index (χ1n) is 7.14. The van der Waals surface area contributed by atoms with Crippen molar-refractivity contribution in [2.75, 3.05) is 19.6 Å². The third-order valence-electron chi connectivity index (χ3n) is 3.43. The molecule has 1 N–H and O–H groups in total. The Kier molecular flexibility index (Phi) is 5.60. The number of aromatic nitrogens is 1. The summed E-state index contributed by atoms with van der Waals surface area (Å²) in [7, 11) is 0. The van der Waals surface area contributed by atoms with Crippen LogP contribution in [0.3, 0.4) is 0 Å². The topological polar surface area (TPSA) is 28.2 Å². The van der Waals surface area contributed by atoms with Crippen LogP contribution in [0.5, 0.6) is 0 Å². The molecular weight excluding hydrogens is 242 g/mol. The van der Waals surface area contributed by atoms with Gasteiger partial charge in [0.1, 0.15) is 5.01 Å². The van der Waals surface area contributed by atoms with E-state index in [0.717, 1.165) is 25.6 Å². The summed E-state index contributed by atoms with van der Waals surface area (Å²) in [6, 6.07) is 0. The monoisotopic (exact) mass is 267 g/mol. The van der Waals surface area contributed by atoms with Crippen molar-refractivity contribution in [3.05, 3.63) is 16.1 Å². The molecule has 1 aromatic rings. The number of likely N-dealkylation sites (tertiary alicyclic amines) is 1. The maximum atomic E-state index is 4.55. The van der Waals surface area contributed by atoms with E-state index >= 15 is 0 Å². The smallest absolute Gasteiger partial charge is 0.107 e. The highest BCUT2D eigenvalue weighted by molar-refractivity contribution is 7.11. The fourth-order valence-corrected chi connectivity index (χ4v) is 3.45. The van der Waals surface area contributed by atoms with Crippen LogP contribution in [0.15, 0.2) is 6.20 Å². The van der Waals surface area contributed by atoms with Gasteiger partial charge in [-0.25, -0.2) is 4.98 Å². The van der Waals surface area contributed by atoms with Crippen LogP contribution in [-0.2, 0) is 13.1 Å². The Morgan fingerprint density at radius 2 is 2.44 bits per heavy atom. The molecule has 1 unspecified atom stereocenters. The largest absolute Gasteiger partial charge is 0.312 e. The Labute approximate surface area is 115 Å². The minimum atomic E-state index is 0.851. The molecule has 2 rings (SSSR count). The van der Waals surface area contributed by atoms with Gasteiger partial charge in [-0.2, -0.15) is 0 Å². The minimum absolute atomic E-state index is 0.851. The van der Waals surface area contributed by atoms with Gasteiger partial charge in [-0.3, -0.25) is 4.90 Å². The molecular formula is C14H25N3S. The van der Waals surface area contributed by atoms with E-state index in [2.05, 4.69) is 29.0 Å². The van der Waals surface area contributed by atoms with Crippen LogP contribution >= 0.6 is 11.3 Å². The number of piperidine rings is 1. The molecule has 1 atom stereocenters. The van der Waals surface area contributed by atoms with Crippen molar-refractivity contribution in [3.8, 4) is 0 Å². The van der Waals surface area contributed by atoms with E-state index in [4.69, 9.17) is 0 Å². The third kappa shape index (κ3) is 4.34. The average Bonchev–Trinajstić information content (AvgIpc) is 2.77. The van der Waals surface area contributed by atoms with Gasteiger partial charge < -0.3 is 5.32 Å². The van der Waals surface area contributed by atoms with E-state index in [-0.39, 0.29) is 0 Å². The maximum absolute atomic E-state index is 4.55. The highest BCUT2D eigenvalue weighted by atomic mass is 32.1. The second-order valence-corrected chi connectivity index (χ2v) is 6.58. The molecule has 3 nitrogen and oxygen atoms in total. The van der Waals surface area contributed by atoms with E-state index in [1.807, 2.05) is 17.5 Å². The summed E-state index contributed by atoms with van der Waals surface area (Å²) in [6.07, 6.45) is 5.96. The molecule has 0 aromatic carbocycles. The van der Waals surface area contributed by atoms with Gasteiger partial charge >= 0.3 is 0 Å². The van der Waals surface area contributed by atoms with Gasteiger partial charge in [-0.1, -0.05) is 13.8 Å². The van der Waals surface area contributed by atoms with Crippen LogP contribution in [0.25, 0.3) is 0 Å². The zero-order chi connectivity index (χ0) is 12.8. The Morgan fingerprint density at radius 1 is 1.56 bits per heavy atom. The molecule has 1 saturated heterocycles. The maximum Gasteiger partial charge on any atom is 0.107 e. The standard InChI is InChI=1S/C14H25N3S/c1-3-6-15-8-13-9-16-14(18-13)11-17-7-4-5-12(2)10-17/h9,12,15H,3-8,10-11H2,1-2H3.